The van der Waals surface area contributed by atoms with Gasteiger partial charge in [-0.1, -0.05) is 42.5 Å². The highest BCUT2D eigenvalue weighted by Crippen LogP contribution is 2.44. The number of carbonyl (C=O) groups is 2. The molecule has 1 saturated carbocycles. The van der Waals surface area contributed by atoms with Crippen LogP contribution in [0.1, 0.15) is 43.2 Å². The first kappa shape index (κ1) is 25.0. The van der Waals surface area contributed by atoms with Crippen LogP contribution in [0.4, 0.5) is 10.5 Å². The molecule has 2 N–H and O–H groups in total. The average Bonchev–Trinajstić information content (AvgIpc) is 3.31. The fourth-order valence-corrected chi connectivity index (χ4v) is 6.09. The number of hydrogen-bond donors (Lipinski definition) is 2. The molecule has 0 unspecified atom stereocenters. The Morgan fingerprint density at radius 3 is 2.26 bits per heavy atom. The van der Waals surface area contributed by atoms with E-state index < -0.39 is 18.1 Å². The highest BCUT2D eigenvalue weighted by molar-refractivity contribution is 5.80. The van der Waals surface area contributed by atoms with Crippen LogP contribution in [0.25, 0.3) is 0 Å². The van der Waals surface area contributed by atoms with Crippen molar-refractivity contribution in [3.8, 4) is 0 Å². The third kappa shape index (κ3) is 5.15. The number of amides is 1. The second kappa shape index (κ2) is 10.3. The minimum atomic E-state index is -1.18. The van der Waals surface area contributed by atoms with Crippen molar-refractivity contribution in [2.75, 3.05) is 32.6 Å². The van der Waals surface area contributed by atoms with Crippen LogP contribution in [0, 0.1) is 5.92 Å². The van der Waals surface area contributed by atoms with Gasteiger partial charge < -0.3 is 15.1 Å². The Balaban J connectivity index is 1.41. The lowest BCUT2D eigenvalue weighted by Gasteiger charge is -2.45. The van der Waals surface area contributed by atoms with Crippen molar-refractivity contribution in [1.82, 2.24) is 9.80 Å². The number of carboxylic acids is 1. The largest absolute Gasteiger partial charge is 0.480 e. The molecule has 1 heterocycles. The van der Waals surface area contributed by atoms with Crippen molar-refractivity contribution in [1.29, 1.82) is 0 Å². The summed E-state index contributed by atoms with van der Waals surface area (Å²) in [5.41, 5.74) is 3.78. The number of likely N-dealkylation sites (tertiary alicyclic amines) is 1. The Morgan fingerprint density at radius 1 is 1.00 bits per heavy atom. The Morgan fingerprint density at radius 2 is 1.69 bits per heavy atom. The summed E-state index contributed by atoms with van der Waals surface area (Å²) in [4.78, 5) is 28.5. The molecule has 1 aliphatic carbocycles. The summed E-state index contributed by atoms with van der Waals surface area (Å²) in [5, 5.41) is 18.9. The van der Waals surface area contributed by atoms with Gasteiger partial charge in [0.05, 0.1) is 0 Å². The molecule has 0 spiro atoms. The van der Waals surface area contributed by atoms with E-state index in [2.05, 4.69) is 67.5 Å². The van der Waals surface area contributed by atoms with E-state index in [1.807, 2.05) is 18.0 Å². The van der Waals surface area contributed by atoms with Gasteiger partial charge in [-0.3, -0.25) is 9.80 Å². The third-order valence-corrected chi connectivity index (χ3v) is 8.30. The Bertz CT molecular complexity index is 1010. The molecule has 0 radical (unpaired) electrons. The van der Waals surface area contributed by atoms with E-state index in [-0.39, 0.29) is 24.5 Å². The zero-order valence-electron chi connectivity index (χ0n) is 20.9. The first-order valence-corrected chi connectivity index (χ1v) is 12.5. The first-order valence-electron chi connectivity index (χ1n) is 12.5. The molecule has 1 amide bonds. The summed E-state index contributed by atoms with van der Waals surface area (Å²) in [7, 11) is 6.31. The number of hydrogen-bond acceptors (Lipinski definition) is 4. The summed E-state index contributed by atoms with van der Waals surface area (Å²) in [5.74, 6) is -0.462. The lowest BCUT2D eigenvalue weighted by molar-refractivity contribution is -0.141. The predicted octanol–water partition coefficient (Wildman–Crippen LogP) is 4.52. The molecule has 7 heteroatoms. The minimum Gasteiger partial charge on any atom is -0.480 e. The fraction of sp³-hybridized carbons (Fsp3) is 0.500. The molecule has 2 aromatic carbocycles. The van der Waals surface area contributed by atoms with E-state index in [4.69, 9.17) is 0 Å². The van der Waals surface area contributed by atoms with Crippen molar-refractivity contribution >= 4 is 17.7 Å². The van der Waals surface area contributed by atoms with Gasteiger partial charge in [-0.2, -0.15) is 0 Å². The van der Waals surface area contributed by atoms with Gasteiger partial charge in [0.25, 0.3) is 0 Å². The van der Waals surface area contributed by atoms with Crippen LogP contribution in [0.3, 0.4) is 0 Å². The summed E-state index contributed by atoms with van der Waals surface area (Å²) in [6.45, 7) is 0.196. The second-order valence-corrected chi connectivity index (χ2v) is 10.4. The Kier molecular flexibility index (Phi) is 7.36. The molecule has 0 bridgehead atoms. The lowest BCUT2D eigenvalue weighted by atomic mass is 9.70. The summed E-state index contributed by atoms with van der Waals surface area (Å²) in [6.07, 6.45) is 4.74. The zero-order valence-corrected chi connectivity index (χ0v) is 20.9. The quantitative estimate of drug-likeness (QED) is 0.608. The van der Waals surface area contributed by atoms with Gasteiger partial charge in [0, 0.05) is 37.3 Å². The zero-order chi connectivity index (χ0) is 25.2. The van der Waals surface area contributed by atoms with Crippen LogP contribution in [-0.4, -0.2) is 71.8 Å². The van der Waals surface area contributed by atoms with Crippen LogP contribution in [0.5, 0.6) is 0 Å². The summed E-state index contributed by atoms with van der Waals surface area (Å²) >= 11 is 0. The van der Waals surface area contributed by atoms with Crippen LogP contribution in [-0.2, 0) is 16.8 Å². The van der Waals surface area contributed by atoms with Crippen LogP contribution in [0.2, 0.25) is 0 Å². The van der Waals surface area contributed by atoms with Crippen molar-refractivity contribution in [2.45, 2.75) is 56.1 Å². The highest BCUT2D eigenvalue weighted by Gasteiger charge is 2.42. The molecule has 4 rings (SSSR count). The molecule has 2 fully saturated rings. The molecule has 0 aromatic heterocycles. The number of benzene rings is 2. The SMILES string of the molecule is CN(c1cccc(CC2CCC(c3ccccc3)(N(C)C)CC2)c1)[C@H]1C[C@@H](C(=O)O)N(C(=O)O)C1. The molecule has 2 aromatic rings. The lowest BCUT2D eigenvalue weighted by Crippen LogP contribution is -2.44. The van der Waals surface area contributed by atoms with Crippen molar-refractivity contribution in [3.63, 3.8) is 0 Å². The maximum Gasteiger partial charge on any atom is 0.408 e. The topological polar surface area (TPSA) is 84.3 Å². The second-order valence-electron chi connectivity index (χ2n) is 10.4. The van der Waals surface area contributed by atoms with E-state index in [0.717, 1.165) is 29.8 Å². The summed E-state index contributed by atoms with van der Waals surface area (Å²) < 4.78 is 0. The molecular formula is C28H37N3O4. The van der Waals surface area contributed by atoms with Crippen molar-refractivity contribution in [2.24, 2.45) is 5.92 Å². The molecule has 1 aliphatic heterocycles. The normalized spacial score (nSPS) is 26.6. The predicted molar refractivity (Wildman–Crippen MR) is 137 cm³/mol. The number of rotatable bonds is 7. The first-order chi connectivity index (χ1) is 16.7. The highest BCUT2D eigenvalue weighted by atomic mass is 16.4. The van der Waals surface area contributed by atoms with Gasteiger partial charge in [0.2, 0.25) is 0 Å². The Hall–Kier alpha value is -3.06. The van der Waals surface area contributed by atoms with Gasteiger partial charge in [-0.25, -0.2) is 9.59 Å². The molecule has 1 saturated heterocycles. The monoisotopic (exact) mass is 479 g/mol. The molecule has 7 nitrogen and oxygen atoms in total. The van der Waals surface area contributed by atoms with Crippen molar-refractivity contribution < 1.29 is 19.8 Å². The standard InChI is InChI=1S/C28H37N3O4/c1-29(2)28(22-9-5-4-6-10-22)14-12-20(13-15-28)16-21-8-7-11-23(17-21)30(3)24-18-25(26(32)33)31(19-24)27(34)35/h4-11,17,20,24-25H,12-16,18-19H2,1-3H3,(H,32,33)(H,34,35)/t20?,24-,25-,28?/m0/s1. The van der Waals surface area contributed by atoms with Crippen LogP contribution < -0.4 is 4.90 Å². The van der Waals surface area contributed by atoms with Gasteiger partial charge in [-0.15, -0.1) is 0 Å². The molecule has 2 atom stereocenters. The molecule has 35 heavy (non-hydrogen) atoms. The van der Waals surface area contributed by atoms with E-state index in [9.17, 15) is 19.8 Å². The summed E-state index contributed by atoms with van der Waals surface area (Å²) in [6, 6.07) is 18.1. The van der Waals surface area contributed by atoms with Crippen LogP contribution in [0.15, 0.2) is 54.6 Å². The maximum atomic E-state index is 11.5. The Labute approximate surface area is 208 Å². The van der Waals surface area contributed by atoms with E-state index in [0.29, 0.717) is 5.92 Å². The number of likely N-dealkylation sites (N-methyl/N-ethyl adjacent to an activating group) is 1. The van der Waals surface area contributed by atoms with Gasteiger partial charge in [-0.05, 0) is 75.4 Å². The number of nitrogens with zero attached hydrogens (tertiary/aromatic N) is 3. The smallest absolute Gasteiger partial charge is 0.408 e. The minimum absolute atomic E-state index is 0.0962. The third-order valence-electron chi connectivity index (χ3n) is 8.30. The van der Waals surface area contributed by atoms with Gasteiger partial charge in [0.15, 0.2) is 0 Å². The molecular weight excluding hydrogens is 442 g/mol. The number of aliphatic carboxylic acids is 1. The number of anilines is 1. The molecule has 2 aliphatic rings. The number of carboxylic acid groups (broad SMARTS) is 2. The van der Waals surface area contributed by atoms with E-state index in [1.54, 1.807) is 0 Å². The molecule has 188 valence electrons. The average molecular weight is 480 g/mol. The van der Waals surface area contributed by atoms with E-state index >= 15 is 0 Å². The van der Waals surface area contributed by atoms with Crippen LogP contribution >= 0.6 is 0 Å². The maximum absolute atomic E-state index is 11.5. The fourth-order valence-electron chi connectivity index (χ4n) is 6.09. The van der Waals surface area contributed by atoms with E-state index in [1.165, 1.54) is 24.0 Å². The van der Waals surface area contributed by atoms with Gasteiger partial charge in [0.1, 0.15) is 6.04 Å². The van der Waals surface area contributed by atoms with Crippen molar-refractivity contribution in [3.05, 3.63) is 65.7 Å². The van der Waals surface area contributed by atoms with Gasteiger partial charge >= 0.3 is 12.1 Å².